The fourth-order valence-corrected chi connectivity index (χ4v) is 2.46. The lowest BCUT2D eigenvalue weighted by Crippen LogP contribution is -2.16. The second kappa shape index (κ2) is 6.55. The van der Waals surface area contributed by atoms with Crippen LogP contribution in [0.4, 0.5) is 4.39 Å². The minimum atomic E-state index is -0.0424. The largest absolute Gasteiger partial charge is 0.378 e. The predicted octanol–water partition coefficient (Wildman–Crippen LogP) is 4.29. The molecule has 1 aliphatic carbocycles. The van der Waals surface area contributed by atoms with Crippen LogP contribution in [0, 0.1) is 6.42 Å². The van der Waals surface area contributed by atoms with Gasteiger partial charge in [-0.1, -0.05) is 36.4 Å². The molecular weight excluding hydrogens is 237 g/mol. The van der Waals surface area contributed by atoms with Gasteiger partial charge >= 0.3 is 0 Å². The van der Waals surface area contributed by atoms with Gasteiger partial charge in [0.05, 0.1) is 0 Å². The smallest absolute Gasteiger partial charge is 0.109 e. The summed E-state index contributed by atoms with van der Waals surface area (Å²) in [5.74, 6) is -0.0424. The van der Waals surface area contributed by atoms with Crippen LogP contribution in [-0.2, 0) is 6.42 Å². The third-order valence-corrected chi connectivity index (χ3v) is 3.42. The summed E-state index contributed by atoms with van der Waals surface area (Å²) < 4.78 is 13.9. The maximum absolute atomic E-state index is 13.9. The van der Waals surface area contributed by atoms with Gasteiger partial charge in [0.25, 0.3) is 0 Å². The van der Waals surface area contributed by atoms with E-state index in [4.69, 9.17) is 0 Å². The molecule has 1 radical (unpaired) electrons. The van der Waals surface area contributed by atoms with E-state index in [0.29, 0.717) is 6.42 Å². The molecule has 0 unspecified atom stereocenters. The highest BCUT2D eigenvalue weighted by atomic mass is 19.1. The molecule has 0 N–H and O–H groups in total. The van der Waals surface area contributed by atoms with Crippen molar-refractivity contribution in [1.82, 2.24) is 4.90 Å². The number of allylic oxidation sites excluding steroid dienone is 3. The van der Waals surface area contributed by atoms with Crippen LogP contribution in [0.3, 0.4) is 0 Å². The average Bonchev–Trinajstić information content (AvgIpc) is 2.41. The van der Waals surface area contributed by atoms with E-state index in [1.807, 2.05) is 25.1 Å². The monoisotopic (exact) mass is 258 g/mol. The molecule has 2 heteroatoms. The third kappa shape index (κ3) is 3.69. The first-order valence-electron chi connectivity index (χ1n) is 6.82. The van der Waals surface area contributed by atoms with Crippen LogP contribution in [0.25, 0.3) is 0 Å². The van der Waals surface area contributed by atoms with E-state index < -0.39 is 0 Å². The lowest BCUT2D eigenvalue weighted by Gasteiger charge is -2.24. The Hall–Kier alpha value is -1.57. The molecule has 0 spiro atoms. The van der Waals surface area contributed by atoms with Crippen molar-refractivity contribution in [3.63, 3.8) is 0 Å². The molecule has 1 aromatic carbocycles. The van der Waals surface area contributed by atoms with Crippen molar-refractivity contribution in [2.24, 2.45) is 0 Å². The van der Waals surface area contributed by atoms with Gasteiger partial charge in [-0.25, -0.2) is 4.39 Å². The maximum atomic E-state index is 13.9. The zero-order valence-corrected chi connectivity index (χ0v) is 11.7. The van der Waals surface area contributed by atoms with E-state index >= 15 is 0 Å². The first kappa shape index (κ1) is 13.9. The Balaban J connectivity index is 1.96. The van der Waals surface area contributed by atoms with Crippen LogP contribution in [0.15, 0.2) is 53.5 Å². The SMILES string of the molecule is CN(C)C1=CC[CH]C(F)=C1CCCc1ccccc1. The Morgan fingerprint density at radius 2 is 1.84 bits per heavy atom. The lowest BCUT2D eigenvalue weighted by atomic mass is 9.95. The number of rotatable bonds is 5. The van der Waals surface area contributed by atoms with E-state index in [2.05, 4.69) is 30.3 Å². The van der Waals surface area contributed by atoms with Crippen molar-refractivity contribution in [2.45, 2.75) is 25.7 Å². The third-order valence-electron chi connectivity index (χ3n) is 3.42. The Morgan fingerprint density at radius 1 is 1.11 bits per heavy atom. The van der Waals surface area contributed by atoms with Crippen molar-refractivity contribution < 1.29 is 4.39 Å². The van der Waals surface area contributed by atoms with Crippen LogP contribution >= 0.6 is 0 Å². The van der Waals surface area contributed by atoms with Crippen LogP contribution in [0.1, 0.15) is 24.8 Å². The Bertz CT molecular complexity index is 471. The molecule has 1 nitrogen and oxygen atoms in total. The van der Waals surface area contributed by atoms with E-state index in [-0.39, 0.29) is 5.83 Å². The molecule has 0 saturated heterocycles. The van der Waals surface area contributed by atoms with Gasteiger partial charge in [0, 0.05) is 31.8 Å². The van der Waals surface area contributed by atoms with Crippen LogP contribution in [0.5, 0.6) is 0 Å². The zero-order chi connectivity index (χ0) is 13.7. The van der Waals surface area contributed by atoms with Crippen LogP contribution < -0.4 is 0 Å². The molecule has 0 amide bonds. The lowest BCUT2D eigenvalue weighted by molar-refractivity contribution is 0.493. The number of benzene rings is 1. The Kier molecular flexibility index (Phi) is 4.78. The Morgan fingerprint density at radius 3 is 2.53 bits per heavy atom. The summed E-state index contributed by atoms with van der Waals surface area (Å²) in [5.41, 5.74) is 3.21. The van der Waals surface area contributed by atoms with Gasteiger partial charge in [-0.3, -0.25) is 0 Å². The summed E-state index contributed by atoms with van der Waals surface area (Å²) in [6.07, 6.45) is 7.23. The molecule has 1 aliphatic rings. The predicted molar refractivity (Wildman–Crippen MR) is 78.2 cm³/mol. The molecule has 0 fully saturated rings. The fraction of sp³-hybridized carbons (Fsp3) is 0.353. The van der Waals surface area contributed by atoms with Gasteiger partial charge < -0.3 is 4.90 Å². The first-order valence-corrected chi connectivity index (χ1v) is 6.82. The molecule has 0 bridgehead atoms. The number of nitrogens with zero attached hydrogens (tertiary/aromatic N) is 1. The summed E-state index contributed by atoms with van der Waals surface area (Å²) in [6.45, 7) is 0. The average molecular weight is 258 g/mol. The van der Waals surface area contributed by atoms with Gasteiger partial charge in [-0.2, -0.15) is 0 Å². The topological polar surface area (TPSA) is 3.24 Å². The summed E-state index contributed by atoms with van der Waals surface area (Å²) in [5, 5.41) is 0. The van der Waals surface area contributed by atoms with Gasteiger partial charge in [0.1, 0.15) is 5.83 Å². The quantitative estimate of drug-likeness (QED) is 0.761. The second-order valence-electron chi connectivity index (χ2n) is 5.09. The van der Waals surface area contributed by atoms with Crippen LogP contribution in [0.2, 0.25) is 0 Å². The normalized spacial score (nSPS) is 15.4. The summed E-state index contributed by atoms with van der Waals surface area (Å²) in [4.78, 5) is 2.00. The van der Waals surface area contributed by atoms with Crippen molar-refractivity contribution in [3.8, 4) is 0 Å². The van der Waals surface area contributed by atoms with Gasteiger partial charge in [0.2, 0.25) is 0 Å². The number of hydrogen-bond donors (Lipinski definition) is 0. The summed E-state index contributed by atoms with van der Waals surface area (Å²) >= 11 is 0. The fourth-order valence-electron chi connectivity index (χ4n) is 2.46. The van der Waals surface area contributed by atoms with Crippen molar-refractivity contribution in [1.29, 1.82) is 0 Å². The molecule has 0 atom stereocenters. The van der Waals surface area contributed by atoms with Crippen molar-refractivity contribution >= 4 is 0 Å². The number of aryl methyl sites for hydroxylation is 1. The number of hydrogen-bond acceptors (Lipinski definition) is 1. The molecule has 1 aromatic rings. The standard InChI is InChI=1S/C17H21FN/c1-19(2)17-13-7-12-16(18)15(17)11-6-10-14-8-4-3-5-9-14/h3-5,8-9,12-13H,6-7,10-11H2,1-2H3. The van der Waals surface area contributed by atoms with Gasteiger partial charge in [-0.15, -0.1) is 0 Å². The number of halogens is 1. The van der Waals surface area contributed by atoms with E-state index in [0.717, 1.165) is 30.5 Å². The molecular formula is C17H21FN. The second-order valence-corrected chi connectivity index (χ2v) is 5.09. The molecule has 2 rings (SSSR count). The minimum absolute atomic E-state index is 0.0424. The van der Waals surface area contributed by atoms with E-state index in [9.17, 15) is 4.39 Å². The van der Waals surface area contributed by atoms with Gasteiger partial charge in [0.15, 0.2) is 0 Å². The molecule has 19 heavy (non-hydrogen) atoms. The molecule has 0 saturated carbocycles. The Labute approximate surface area is 115 Å². The maximum Gasteiger partial charge on any atom is 0.109 e. The van der Waals surface area contributed by atoms with Crippen molar-refractivity contribution in [2.75, 3.05) is 14.1 Å². The zero-order valence-electron chi connectivity index (χ0n) is 11.7. The molecule has 0 aliphatic heterocycles. The van der Waals surface area contributed by atoms with E-state index in [1.165, 1.54) is 5.56 Å². The number of likely N-dealkylation sites (N-methyl/N-ethyl adjacent to an activating group) is 1. The highest BCUT2D eigenvalue weighted by Gasteiger charge is 2.17. The first-order chi connectivity index (χ1) is 9.18. The minimum Gasteiger partial charge on any atom is -0.378 e. The highest BCUT2D eigenvalue weighted by Crippen LogP contribution is 2.30. The van der Waals surface area contributed by atoms with Crippen molar-refractivity contribution in [3.05, 3.63) is 65.5 Å². The molecule has 101 valence electrons. The summed E-state index contributed by atoms with van der Waals surface area (Å²) in [6, 6.07) is 10.4. The molecule has 0 aromatic heterocycles. The van der Waals surface area contributed by atoms with Crippen LogP contribution in [-0.4, -0.2) is 19.0 Å². The molecule has 0 heterocycles. The van der Waals surface area contributed by atoms with Gasteiger partial charge in [-0.05, 0) is 31.2 Å². The van der Waals surface area contributed by atoms with E-state index in [1.54, 1.807) is 6.42 Å². The highest BCUT2D eigenvalue weighted by molar-refractivity contribution is 5.39. The summed E-state index contributed by atoms with van der Waals surface area (Å²) in [7, 11) is 3.95.